The standard InChI is InChI=1S/C11H15FN2O3S/c12-10-4-2-9(3-5-10)8-11(15)14-6-1-7-18(13,16)17/h2-5H,1,6-8H2,(H,14,15)(H2,13,16,17). The maximum atomic E-state index is 12.6. The van der Waals surface area contributed by atoms with Crippen LogP contribution in [0.3, 0.4) is 0 Å². The highest BCUT2D eigenvalue weighted by molar-refractivity contribution is 7.89. The van der Waals surface area contributed by atoms with Crippen LogP contribution in [0.15, 0.2) is 24.3 Å². The molecule has 0 aliphatic carbocycles. The Labute approximate surface area is 105 Å². The van der Waals surface area contributed by atoms with Crippen molar-refractivity contribution in [3.63, 3.8) is 0 Å². The van der Waals surface area contributed by atoms with E-state index in [0.29, 0.717) is 5.56 Å². The number of nitrogens with two attached hydrogens (primary N) is 1. The molecule has 0 radical (unpaired) electrons. The Bertz CT molecular complexity index is 500. The van der Waals surface area contributed by atoms with E-state index in [4.69, 9.17) is 5.14 Å². The van der Waals surface area contributed by atoms with E-state index >= 15 is 0 Å². The second kappa shape index (κ2) is 6.46. The molecular formula is C11H15FN2O3S. The van der Waals surface area contributed by atoms with E-state index in [0.717, 1.165) is 0 Å². The number of primary sulfonamides is 1. The zero-order valence-corrected chi connectivity index (χ0v) is 10.5. The molecular weight excluding hydrogens is 259 g/mol. The van der Waals surface area contributed by atoms with Crippen LogP contribution in [0.1, 0.15) is 12.0 Å². The van der Waals surface area contributed by atoms with Gasteiger partial charge in [-0.15, -0.1) is 0 Å². The lowest BCUT2D eigenvalue weighted by molar-refractivity contribution is -0.120. The molecule has 0 bridgehead atoms. The van der Waals surface area contributed by atoms with Crippen LogP contribution < -0.4 is 10.5 Å². The van der Waals surface area contributed by atoms with Crippen molar-refractivity contribution in [2.45, 2.75) is 12.8 Å². The third kappa shape index (κ3) is 6.31. The number of rotatable bonds is 6. The Hall–Kier alpha value is -1.47. The predicted octanol–water partition coefficient (Wildman–Crippen LogP) is 0.163. The van der Waals surface area contributed by atoms with Gasteiger partial charge in [0.2, 0.25) is 15.9 Å². The van der Waals surface area contributed by atoms with Crippen molar-refractivity contribution < 1.29 is 17.6 Å². The quantitative estimate of drug-likeness (QED) is 0.724. The molecule has 1 amide bonds. The lowest BCUT2D eigenvalue weighted by atomic mass is 10.1. The molecule has 0 aromatic heterocycles. The van der Waals surface area contributed by atoms with Crippen molar-refractivity contribution in [2.75, 3.05) is 12.3 Å². The largest absolute Gasteiger partial charge is 0.356 e. The van der Waals surface area contributed by atoms with Gasteiger partial charge in [-0.2, -0.15) is 0 Å². The Balaban J connectivity index is 2.28. The summed E-state index contributed by atoms with van der Waals surface area (Å²) in [6, 6.07) is 5.62. The zero-order valence-electron chi connectivity index (χ0n) is 9.73. The Morgan fingerprint density at radius 2 is 1.89 bits per heavy atom. The zero-order chi connectivity index (χ0) is 13.6. The van der Waals surface area contributed by atoms with Gasteiger partial charge in [-0.3, -0.25) is 4.79 Å². The van der Waals surface area contributed by atoms with Crippen LogP contribution in [-0.4, -0.2) is 26.6 Å². The fourth-order valence-corrected chi connectivity index (χ4v) is 1.90. The minimum Gasteiger partial charge on any atom is -0.356 e. The monoisotopic (exact) mass is 274 g/mol. The Morgan fingerprint density at radius 3 is 2.44 bits per heavy atom. The normalized spacial score (nSPS) is 11.2. The van der Waals surface area contributed by atoms with Gasteiger partial charge < -0.3 is 5.32 Å². The minimum absolute atomic E-state index is 0.135. The van der Waals surface area contributed by atoms with Gasteiger partial charge in [-0.25, -0.2) is 17.9 Å². The minimum atomic E-state index is -3.48. The molecule has 7 heteroatoms. The van der Waals surface area contributed by atoms with Crippen molar-refractivity contribution in [3.8, 4) is 0 Å². The number of carbonyl (C=O) groups excluding carboxylic acids is 1. The third-order valence-corrected chi connectivity index (χ3v) is 3.06. The maximum absolute atomic E-state index is 12.6. The molecule has 0 atom stereocenters. The first-order chi connectivity index (χ1) is 8.37. The summed E-state index contributed by atoms with van der Waals surface area (Å²) < 4.78 is 33.9. The Kier molecular flexibility index (Phi) is 5.24. The first-order valence-electron chi connectivity index (χ1n) is 5.38. The molecule has 0 heterocycles. The van der Waals surface area contributed by atoms with Gasteiger partial charge in [0.15, 0.2) is 0 Å². The first-order valence-corrected chi connectivity index (χ1v) is 7.10. The predicted molar refractivity (Wildman–Crippen MR) is 65.7 cm³/mol. The van der Waals surface area contributed by atoms with Gasteiger partial charge in [0.1, 0.15) is 5.82 Å². The molecule has 0 saturated heterocycles. The van der Waals surface area contributed by atoms with Crippen molar-refractivity contribution in [2.24, 2.45) is 5.14 Å². The molecule has 0 fully saturated rings. The maximum Gasteiger partial charge on any atom is 0.224 e. The average molecular weight is 274 g/mol. The molecule has 18 heavy (non-hydrogen) atoms. The fraction of sp³-hybridized carbons (Fsp3) is 0.364. The molecule has 0 unspecified atom stereocenters. The molecule has 5 nitrogen and oxygen atoms in total. The third-order valence-electron chi connectivity index (χ3n) is 2.21. The van der Waals surface area contributed by atoms with Crippen LogP contribution >= 0.6 is 0 Å². The number of halogens is 1. The van der Waals surface area contributed by atoms with Gasteiger partial charge >= 0.3 is 0 Å². The lowest BCUT2D eigenvalue weighted by Gasteiger charge is -2.04. The van der Waals surface area contributed by atoms with Gasteiger partial charge in [-0.1, -0.05) is 12.1 Å². The van der Waals surface area contributed by atoms with Gasteiger partial charge in [0.25, 0.3) is 0 Å². The summed E-state index contributed by atoms with van der Waals surface area (Å²) >= 11 is 0. The van der Waals surface area contributed by atoms with Gasteiger partial charge in [-0.05, 0) is 24.1 Å². The van der Waals surface area contributed by atoms with Crippen LogP contribution in [0.2, 0.25) is 0 Å². The molecule has 1 rings (SSSR count). The van der Waals surface area contributed by atoms with E-state index in [1.807, 2.05) is 0 Å². The number of sulfonamides is 1. The smallest absolute Gasteiger partial charge is 0.224 e. The molecule has 3 N–H and O–H groups in total. The highest BCUT2D eigenvalue weighted by atomic mass is 32.2. The Morgan fingerprint density at radius 1 is 1.28 bits per heavy atom. The summed E-state index contributed by atoms with van der Waals surface area (Å²) in [6.07, 6.45) is 0.406. The van der Waals surface area contributed by atoms with Crippen molar-refractivity contribution >= 4 is 15.9 Å². The molecule has 1 aromatic carbocycles. The number of amides is 1. The van der Waals surface area contributed by atoms with E-state index in [2.05, 4.69) is 5.32 Å². The van der Waals surface area contributed by atoms with Crippen molar-refractivity contribution in [1.29, 1.82) is 0 Å². The number of benzene rings is 1. The summed E-state index contributed by atoms with van der Waals surface area (Å²) in [5.41, 5.74) is 0.695. The summed E-state index contributed by atoms with van der Waals surface area (Å²) in [7, 11) is -3.48. The molecule has 0 saturated carbocycles. The summed E-state index contributed by atoms with van der Waals surface area (Å²) in [6.45, 7) is 0.246. The number of hydrogen-bond acceptors (Lipinski definition) is 3. The molecule has 0 spiro atoms. The first kappa shape index (κ1) is 14.6. The second-order valence-corrected chi connectivity index (χ2v) is 5.61. The lowest BCUT2D eigenvalue weighted by Crippen LogP contribution is -2.28. The molecule has 0 aliphatic heterocycles. The van der Waals surface area contributed by atoms with Crippen LogP contribution in [0, 0.1) is 5.82 Å². The van der Waals surface area contributed by atoms with Gasteiger partial charge in [0.05, 0.1) is 12.2 Å². The molecule has 0 aliphatic rings. The SMILES string of the molecule is NS(=O)(=O)CCCNC(=O)Cc1ccc(F)cc1. The topological polar surface area (TPSA) is 89.3 Å². The summed E-state index contributed by atoms with van der Waals surface area (Å²) in [5.74, 6) is -0.757. The van der Waals surface area contributed by atoms with E-state index in [1.165, 1.54) is 24.3 Å². The highest BCUT2D eigenvalue weighted by Crippen LogP contribution is 2.03. The number of nitrogens with one attached hydrogen (secondary N) is 1. The van der Waals surface area contributed by atoms with E-state index < -0.39 is 10.0 Å². The fourth-order valence-electron chi connectivity index (χ4n) is 1.35. The van der Waals surface area contributed by atoms with Crippen LogP contribution in [-0.2, 0) is 21.2 Å². The van der Waals surface area contributed by atoms with Crippen molar-refractivity contribution in [1.82, 2.24) is 5.32 Å². The van der Waals surface area contributed by atoms with Gasteiger partial charge in [0, 0.05) is 6.54 Å². The van der Waals surface area contributed by atoms with Crippen LogP contribution in [0.25, 0.3) is 0 Å². The summed E-state index contributed by atoms with van der Waals surface area (Å²) in [5, 5.41) is 7.38. The number of carbonyl (C=O) groups is 1. The van der Waals surface area contributed by atoms with Crippen LogP contribution in [0.5, 0.6) is 0 Å². The van der Waals surface area contributed by atoms with E-state index in [9.17, 15) is 17.6 Å². The second-order valence-electron chi connectivity index (χ2n) is 3.87. The number of hydrogen-bond donors (Lipinski definition) is 2. The van der Waals surface area contributed by atoms with Crippen LogP contribution in [0.4, 0.5) is 4.39 Å². The highest BCUT2D eigenvalue weighted by Gasteiger charge is 2.05. The average Bonchev–Trinajstić information content (AvgIpc) is 2.26. The van der Waals surface area contributed by atoms with Crippen molar-refractivity contribution in [3.05, 3.63) is 35.6 Å². The summed E-state index contributed by atoms with van der Waals surface area (Å²) in [4.78, 5) is 11.4. The molecule has 1 aromatic rings. The molecule has 100 valence electrons. The van der Waals surface area contributed by atoms with E-state index in [1.54, 1.807) is 0 Å². The van der Waals surface area contributed by atoms with E-state index in [-0.39, 0.29) is 36.9 Å².